The van der Waals surface area contributed by atoms with Gasteiger partial charge in [0.05, 0.1) is 6.61 Å². The Morgan fingerprint density at radius 2 is 2.45 bits per heavy atom. The second kappa shape index (κ2) is 3.08. The van der Waals surface area contributed by atoms with Crippen molar-refractivity contribution in [3.8, 4) is 0 Å². The van der Waals surface area contributed by atoms with Gasteiger partial charge >= 0.3 is 0 Å². The van der Waals surface area contributed by atoms with Crippen LogP contribution in [0.25, 0.3) is 4.85 Å². The third-order valence-electron chi connectivity index (χ3n) is 1.21. The minimum atomic E-state index is -0.583. The van der Waals surface area contributed by atoms with E-state index in [1.54, 1.807) is 0 Å². The van der Waals surface area contributed by atoms with Crippen molar-refractivity contribution in [2.75, 3.05) is 0 Å². The van der Waals surface area contributed by atoms with Crippen LogP contribution in [0.4, 0.5) is 10.2 Å². The number of rotatable bonds is 1. The fourth-order valence-corrected chi connectivity index (χ4v) is 0.650. The lowest BCUT2D eigenvalue weighted by Crippen LogP contribution is -1.89. The van der Waals surface area contributed by atoms with Crippen molar-refractivity contribution in [3.05, 3.63) is 35.1 Å². The fraction of sp³-hybridized carbons (Fsp3) is 0.143. The molecule has 1 aromatic heterocycles. The summed E-state index contributed by atoms with van der Waals surface area (Å²) in [7, 11) is 0. The van der Waals surface area contributed by atoms with Gasteiger partial charge in [0.1, 0.15) is 0 Å². The van der Waals surface area contributed by atoms with Crippen molar-refractivity contribution in [1.82, 2.24) is 4.98 Å². The van der Waals surface area contributed by atoms with Gasteiger partial charge in [-0.25, -0.2) is 4.39 Å². The van der Waals surface area contributed by atoms with Gasteiger partial charge in [-0.3, -0.25) is 0 Å². The number of aliphatic hydroxyl groups excluding tert-OH is 1. The lowest BCUT2D eigenvalue weighted by atomic mass is 10.2. The maximum atomic E-state index is 12.6. The predicted octanol–water partition coefficient (Wildman–Crippen LogP) is 1.26. The molecule has 0 saturated heterocycles. The summed E-state index contributed by atoms with van der Waals surface area (Å²) in [5.41, 5.74) is 0.103. The van der Waals surface area contributed by atoms with Gasteiger partial charge in [0.25, 0.3) is 5.82 Å². The Balaban J connectivity index is 3.15. The van der Waals surface area contributed by atoms with Gasteiger partial charge in [0.2, 0.25) is 0 Å². The number of aromatic nitrogens is 1. The number of aliphatic hydroxyl groups is 1. The molecule has 11 heavy (non-hydrogen) atoms. The highest BCUT2D eigenvalue weighted by Crippen LogP contribution is 2.13. The van der Waals surface area contributed by atoms with Crippen molar-refractivity contribution in [1.29, 1.82) is 0 Å². The zero-order chi connectivity index (χ0) is 8.27. The molecule has 4 heteroatoms. The van der Waals surface area contributed by atoms with E-state index in [-0.39, 0.29) is 11.4 Å². The van der Waals surface area contributed by atoms with Crippen LogP contribution in [0.3, 0.4) is 0 Å². The average Bonchev–Trinajstić information content (AvgIpc) is 2.05. The Kier molecular flexibility index (Phi) is 2.14. The predicted molar refractivity (Wildman–Crippen MR) is 36.4 cm³/mol. The summed E-state index contributed by atoms with van der Waals surface area (Å²) >= 11 is 0. The van der Waals surface area contributed by atoms with E-state index in [4.69, 9.17) is 11.7 Å². The van der Waals surface area contributed by atoms with Crippen molar-refractivity contribution >= 4 is 5.82 Å². The summed E-state index contributed by atoms with van der Waals surface area (Å²) in [6.45, 7) is 6.14. The highest BCUT2D eigenvalue weighted by molar-refractivity contribution is 5.38. The molecule has 1 aromatic rings. The molecule has 0 atom stereocenters. The van der Waals surface area contributed by atoms with E-state index in [0.29, 0.717) is 0 Å². The molecule has 56 valence electrons. The molecule has 0 spiro atoms. The molecule has 0 radical (unpaired) electrons. The van der Waals surface area contributed by atoms with Crippen molar-refractivity contribution < 1.29 is 9.50 Å². The molecule has 0 aromatic carbocycles. The highest BCUT2D eigenvalue weighted by Gasteiger charge is 2.03. The number of nitrogens with zero attached hydrogens (tertiary/aromatic N) is 2. The van der Waals surface area contributed by atoms with Crippen LogP contribution in [0.15, 0.2) is 12.3 Å². The summed E-state index contributed by atoms with van der Waals surface area (Å²) in [4.78, 5) is 6.45. The monoisotopic (exact) mass is 152 g/mol. The summed E-state index contributed by atoms with van der Waals surface area (Å²) < 4.78 is 12.6. The molecule has 0 amide bonds. The second-order valence-electron chi connectivity index (χ2n) is 1.90. The summed E-state index contributed by atoms with van der Waals surface area (Å²) in [6, 6.07) is 1.22. The third kappa shape index (κ3) is 1.51. The molecule has 0 fully saturated rings. The van der Waals surface area contributed by atoms with Gasteiger partial charge in [-0.15, -0.1) is 4.98 Å². The Hall–Kier alpha value is -1.47. The van der Waals surface area contributed by atoms with Gasteiger partial charge in [0.15, 0.2) is 12.0 Å². The summed E-state index contributed by atoms with van der Waals surface area (Å²) in [5, 5.41) is 8.57. The van der Waals surface area contributed by atoms with Crippen LogP contribution < -0.4 is 0 Å². The van der Waals surface area contributed by atoms with Crippen LogP contribution in [-0.2, 0) is 6.61 Å². The van der Waals surface area contributed by atoms with Crippen molar-refractivity contribution in [2.24, 2.45) is 0 Å². The normalized spacial score (nSPS) is 9.18. The summed E-state index contributed by atoms with van der Waals surface area (Å²) in [6.07, 6.45) is 0.929. The Morgan fingerprint density at radius 3 is 3.00 bits per heavy atom. The zero-order valence-electron chi connectivity index (χ0n) is 5.58. The van der Waals surface area contributed by atoms with Gasteiger partial charge < -0.3 is 9.95 Å². The largest absolute Gasteiger partial charge is 0.392 e. The standard InChI is InChI=1S/C7H5FN2O/c1-9-7-2-5(4-11)6(8)3-10-7/h2-3,11H,4H2. The topological polar surface area (TPSA) is 37.5 Å². The van der Waals surface area contributed by atoms with Gasteiger partial charge in [-0.05, 0) is 6.07 Å². The first-order valence-electron chi connectivity index (χ1n) is 2.90. The maximum Gasteiger partial charge on any atom is 0.270 e. The van der Waals surface area contributed by atoms with Crippen LogP contribution in [0, 0.1) is 12.4 Å². The van der Waals surface area contributed by atoms with Gasteiger partial charge in [-0.1, -0.05) is 6.57 Å². The molecule has 1 heterocycles. The highest BCUT2D eigenvalue weighted by atomic mass is 19.1. The van der Waals surface area contributed by atoms with Crippen LogP contribution in [-0.4, -0.2) is 10.1 Å². The third-order valence-corrected chi connectivity index (χ3v) is 1.21. The average molecular weight is 152 g/mol. The van der Waals surface area contributed by atoms with Crippen LogP contribution in [0.5, 0.6) is 0 Å². The number of pyridine rings is 1. The van der Waals surface area contributed by atoms with E-state index in [1.807, 2.05) is 0 Å². The maximum absolute atomic E-state index is 12.6. The molecule has 0 unspecified atom stereocenters. The van der Waals surface area contributed by atoms with Crippen molar-refractivity contribution in [3.63, 3.8) is 0 Å². The number of hydrogen-bond acceptors (Lipinski definition) is 2. The molecular weight excluding hydrogens is 147 g/mol. The lowest BCUT2D eigenvalue weighted by Gasteiger charge is -1.95. The molecule has 0 aliphatic heterocycles. The molecule has 0 aliphatic rings. The first kappa shape index (κ1) is 7.63. The lowest BCUT2D eigenvalue weighted by molar-refractivity contribution is 0.275. The van der Waals surface area contributed by atoms with E-state index >= 15 is 0 Å². The van der Waals surface area contributed by atoms with E-state index in [1.165, 1.54) is 6.07 Å². The molecule has 1 N–H and O–H groups in total. The molecule has 0 saturated carbocycles. The Labute approximate surface area is 62.9 Å². The molecule has 3 nitrogen and oxygen atoms in total. The molecule has 0 aliphatic carbocycles. The summed E-state index contributed by atoms with van der Waals surface area (Å²) in [5.74, 6) is -0.490. The number of hydrogen-bond donors (Lipinski definition) is 1. The molecular formula is C7H5FN2O. The van der Waals surface area contributed by atoms with Crippen LogP contribution >= 0.6 is 0 Å². The van der Waals surface area contributed by atoms with Crippen molar-refractivity contribution in [2.45, 2.75) is 6.61 Å². The Morgan fingerprint density at radius 1 is 1.73 bits per heavy atom. The van der Waals surface area contributed by atoms with E-state index in [2.05, 4.69) is 9.83 Å². The minimum Gasteiger partial charge on any atom is -0.392 e. The smallest absolute Gasteiger partial charge is 0.270 e. The van der Waals surface area contributed by atoms with Crippen LogP contribution in [0.2, 0.25) is 0 Å². The number of halogens is 1. The zero-order valence-corrected chi connectivity index (χ0v) is 5.58. The second-order valence-corrected chi connectivity index (χ2v) is 1.90. The van der Waals surface area contributed by atoms with Gasteiger partial charge in [0, 0.05) is 5.56 Å². The van der Waals surface area contributed by atoms with Gasteiger partial charge in [-0.2, -0.15) is 0 Å². The first-order valence-corrected chi connectivity index (χ1v) is 2.90. The SMILES string of the molecule is [C-]#[N+]c1cc(CO)c(F)cn1. The molecule has 0 bridgehead atoms. The minimum absolute atomic E-state index is 0.0930. The molecule has 1 rings (SSSR count). The van der Waals surface area contributed by atoms with E-state index < -0.39 is 12.4 Å². The van der Waals surface area contributed by atoms with E-state index in [0.717, 1.165) is 6.20 Å². The first-order chi connectivity index (χ1) is 5.27. The fourth-order valence-electron chi connectivity index (χ4n) is 0.650. The van der Waals surface area contributed by atoms with Crippen LogP contribution in [0.1, 0.15) is 5.56 Å². The Bertz CT molecular complexity index is 306. The quantitative estimate of drug-likeness (QED) is 0.615. The van der Waals surface area contributed by atoms with E-state index in [9.17, 15) is 4.39 Å².